The highest BCUT2D eigenvalue weighted by molar-refractivity contribution is 6.31. The molecule has 1 aliphatic carbocycles. The Labute approximate surface area is 156 Å². The zero-order valence-electron chi connectivity index (χ0n) is 14.2. The van der Waals surface area contributed by atoms with E-state index >= 15 is 0 Å². The summed E-state index contributed by atoms with van der Waals surface area (Å²) in [4.78, 5) is 12.9. The van der Waals surface area contributed by atoms with Crippen LogP contribution in [0.2, 0.25) is 5.02 Å². The van der Waals surface area contributed by atoms with Gasteiger partial charge in [-0.15, -0.1) is 0 Å². The molecule has 1 heterocycles. The lowest BCUT2D eigenvalue weighted by atomic mass is 9.77. The second-order valence-electron chi connectivity index (χ2n) is 6.97. The van der Waals surface area contributed by atoms with E-state index in [1.54, 1.807) is 12.1 Å². The summed E-state index contributed by atoms with van der Waals surface area (Å²) in [6.45, 7) is 0.869. The predicted molar refractivity (Wildman–Crippen MR) is 97.7 cm³/mol. The van der Waals surface area contributed by atoms with Crippen molar-refractivity contribution < 1.29 is 19.6 Å². The van der Waals surface area contributed by atoms with Crippen LogP contribution < -0.4 is 5.32 Å². The van der Waals surface area contributed by atoms with E-state index in [0.717, 1.165) is 18.5 Å². The van der Waals surface area contributed by atoms with Gasteiger partial charge in [-0.2, -0.15) is 0 Å². The molecule has 0 unspecified atom stereocenters. The zero-order valence-corrected chi connectivity index (χ0v) is 15.0. The van der Waals surface area contributed by atoms with Crippen LogP contribution in [0.25, 0.3) is 0 Å². The van der Waals surface area contributed by atoms with Gasteiger partial charge in [0.1, 0.15) is 17.6 Å². The number of rotatable bonds is 2. The molecule has 0 radical (unpaired) electrons. The van der Waals surface area contributed by atoms with Gasteiger partial charge in [-0.1, -0.05) is 41.9 Å². The van der Waals surface area contributed by atoms with E-state index in [0.29, 0.717) is 16.2 Å². The monoisotopic (exact) mass is 372 g/mol. The highest BCUT2D eigenvalue weighted by Gasteiger charge is 2.38. The van der Waals surface area contributed by atoms with E-state index in [4.69, 9.17) is 11.6 Å². The first kappa shape index (κ1) is 17.3. The number of fused-ring (bicyclic) bond motifs is 1. The summed E-state index contributed by atoms with van der Waals surface area (Å²) in [5.41, 5.74) is 3.07. The molecule has 2 aromatic rings. The quantitative estimate of drug-likeness (QED) is 0.846. The molecule has 26 heavy (non-hydrogen) atoms. The topological polar surface area (TPSA) is 53.9 Å². The number of aliphatic hydroxyl groups excluding tert-OH is 1. The molecule has 1 aliphatic heterocycles. The minimum atomic E-state index is -0.432. The van der Waals surface area contributed by atoms with Crippen molar-refractivity contribution in [2.24, 2.45) is 0 Å². The number of hydrogen-bond acceptors (Lipinski definition) is 2. The Morgan fingerprint density at radius 2 is 1.92 bits per heavy atom. The van der Waals surface area contributed by atoms with E-state index in [-0.39, 0.29) is 30.4 Å². The van der Waals surface area contributed by atoms with Crippen molar-refractivity contribution in [3.63, 3.8) is 0 Å². The first-order valence-electron chi connectivity index (χ1n) is 8.86. The number of benzene rings is 2. The zero-order chi connectivity index (χ0) is 18.3. The third-order valence-corrected chi connectivity index (χ3v) is 5.74. The van der Waals surface area contributed by atoms with E-state index in [9.17, 15) is 14.3 Å². The molecule has 2 atom stereocenters. The van der Waals surface area contributed by atoms with Gasteiger partial charge < -0.3 is 10.4 Å². The van der Waals surface area contributed by atoms with Crippen LogP contribution in [-0.4, -0.2) is 17.4 Å². The van der Waals surface area contributed by atoms with Crippen molar-refractivity contribution in [3.05, 3.63) is 81.3 Å². The summed E-state index contributed by atoms with van der Waals surface area (Å²) in [6.07, 6.45) is 1.34. The van der Waals surface area contributed by atoms with Crippen LogP contribution in [0.5, 0.6) is 0 Å². The highest BCUT2D eigenvalue weighted by atomic mass is 35.5. The number of nitrogens with two attached hydrogens (primary N) is 1. The molecule has 2 aromatic carbocycles. The second kappa shape index (κ2) is 6.86. The average molecular weight is 373 g/mol. The van der Waals surface area contributed by atoms with Crippen molar-refractivity contribution in [1.82, 2.24) is 0 Å². The maximum absolute atomic E-state index is 14.2. The summed E-state index contributed by atoms with van der Waals surface area (Å²) in [6, 6.07) is 12.3. The van der Waals surface area contributed by atoms with Crippen LogP contribution in [-0.2, 0) is 11.2 Å². The third kappa shape index (κ3) is 2.93. The minimum Gasteiger partial charge on any atom is -0.512 e. The number of carbonyl (C=O) groups excluding carboxylic acids is 1. The van der Waals surface area contributed by atoms with Gasteiger partial charge >= 0.3 is 0 Å². The number of Topliss-reactive ketones (excluding diaryl/α,β-unsaturated/α-hetero) is 1. The molecular formula is C21H20ClFNO2+. The SMILES string of the molecule is O=C1C[C@H](c2c(F)cccc2Cl)CC(O)=C1[C@@H]1[NH2+]CCc2ccccc21. The number of carbonyl (C=O) groups is 1. The highest BCUT2D eigenvalue weighted by Crippen LogP contribution is 2.41. The number of halogens is 2. The van der Waals surface area contributed by atoms with Gasteiger partial charge in [0.25, 0.3) is 0 Å². The van der Waals surface area contributed by atoms with Gasteiger partial charge in [-0.3, -0.25) is 4.79 Å². The van der Waals surface area contributed by atoms with Gasteiger partial charge in [0.05, 0.1) is 12.1 Å². The standard InChI is InChI=1S/C21H19ClFNO2/c22-15-6-3-7-16(23)19(15)13-10-17(25)20(18(26)11-13)21-14-5-2-1-4-12(14)8-9-24-21/h1-7,13,21,24-25H,8-11H2/p+1/t13-,21-/m1/s1. The van der Waals surface area contributed by atoms with E-state index in [1.165, 1.54) is 11.6 Å². The molecule has 4 rings (SSSR count). The summed E-state index contributed by atoms with van der Waals surface area (Å²) in [7, 11) is 0. The maximum atomic E-state index is 14.2. The normalized spacial score (nSPS) is 23.1. The Kier molecular flexibility index (Phi) is 4.55. The van der Waals surface area contributed by atoms with Crippen LogP contribution in [0, 0.1) is 5.82 Å². The van der Waals surface area contributed by atoms with E-state index in [1.807, 2.05) is 18.2 Å². The molecule has 3 N–H and O–H groups in total. The Bertz CT molecular complexity index is 888. The van der Waals surface area contributed by atoms with Gasteiger partial charge in [0.2, 0.25) is 0 Å². The molecule has 0 amide bonds. The Balaban J connectivity index is 1.71. The van der Waals surface area contributed by atoms with Gasteiger partial charge in [0, 0.05) is 41.3 Å². The van der Waals surface area contributed by atoms with Crippen molar-refractivity contribution in [3.8, 4) is 0 Å². The summed E-state index contributed by atoms with van der Waals surface area (Å²) in [5.74, 6) is -0.931. The van der Waals surface area contributed by atoms with Gasteiger partial charge in [-0.05, 0) is 17.7 Å². The number of ketones is 1. The predicted octanol–water partition coefficient (Wildman–Crippen LogP) is 3.60. The molecule has 0 aromatic heterocycles. The van der Waals surface area contributed by atoms with E-state index in [2.05, 4.69) is 11.4 Å². The van der Waals surface area contributed by atoms with Crippen molar-refractivity contribution in [1.29, 1.82) is 0 Å². The maximum Gasteiger partial charge on any atom is 0.169 e. The lowest BCUT2D eigenvalue weighted by Crippen LogP contribution is -2.87. The number of allylic oxidation sites excluding steroid dienone is 1. The van der Waals surface area contributed by atoms with Crippen LogP contribution >= 0.6 is 11.6 Å². The number of hydrogen-bond donors (Lipinski definition) is 2. The molecule has 0 fully saturated rings. The summed E-state index contributed by atoms with van der Waals surface area (Å²) < 4.78 is 14.2. The van der Waals surface area contributed by atoms with Gasteiger partial charge in [-0.25, -0.2) is 4.39 Å². The average Bonchev–Trinajstić information content (AvgIpc) is 2.61. The molecule has 0 saturated carbocycles. The molecule has 2 aliphatic rings. The lowest BCUT2D eigenvalue weighted by molar-refractivity contribution is -0.690. The van der Waals surface area contributed by atoms with Crippen molar-refractivity contribution >= 4 is 17.4 Å². The Hall–Kier alpha value is -2.17. The fraction of sp³-hybridized carbons (Fsp3) is 0.286. The molecule has 3 nitrogen and oxygen atoms in total. The molecule has 5 heteroatoms. The fourth-order valence-electron chi connectivity index (χ4n) is 4.24. The third-order valence-electron chi connectivity index (χ3n) is 5.41. The molecule has 0 bridgehead atoms. The Morgan fingerprint density at radius 3 is 2.69 bits per heavy atom. The molecular weight excluding hydrogens is 353 g/mol. The fourth-order valence-corrected chi connectivity index (χ4v) is 4.56. The molecule has 0 saturated heterocycles. The minimum absolute atomic E-state index is 0.0588. The van der Waals surface area contributed by atoms with E-state index < -0.39 is 11.7 Å². The van der Waals surface area contributed by atoms with Crippen LogP contribution in [0.4, 0.5) is 4.39 Å². The first-order valence-corrected chi connectivity index (χ1v) is 9.24. The second-order valence-corrected chi connectivity index (χ2v) is 7.38. The van der Waals surface area contributed by atoms with Crippen molar-refractivity contribution in [2.45, 2.75) is 31.2 Å². The summed E-state index contributed by atoms with van der Waals surface area (Å²) in [5, 5.41) is 13.1. The smallest absolute Gasteiger partial charge is 0.169 e. The van der Waals surface area contributed by atoms with Crippen molar-refractivity contribution in [2.75, 3.05) is 6.54 Å². The van der Waals surface area contributed by atoms with Crippen LogP contribution in [0.3, 0.4) is 0 Å². The number of quaternary nitrogens is 1. The van der Waals surface area contributed by atoms with Gasteiger partial charge in [0.15, 0.2) is 5.78 Å². The molecule has 134 valence electrons. The first-order chi connectivity index (χ1) is 12.6. The lowest BCUT2D eigenvalue weighted by Gasteiger charge is -2.30. The van der Waals surface area contributed by atoms with Crippen LogP contribution in [0.1, 0.15) is 41.5 Å². The number of aliphatic hydroxyl groups is 1. The molecule has 0 spiro atoms. The largest absolute Gasteiger partial charge is 0.512 e. The summed E-state index contributed by atoms with van der Waals surface area (Å²) >= 11 is 6.16. The Morgan fingerprint density at radius 1 is 1.12 bits per heavy atom. The van der Waals surface area contributed by atoms with Crippen LogP contribution in [0.15, 0.2) is 53.8 Å².